The molecular weight excluding hydrogens is 318 g/mol. The van der Waals surface area contributed by atoms with Crippen LogP contribution in [0.1, 0.15) is 17.0 Å². The third-order valence-corrected chi connectivity index (χ3v) is 4.68. The fraction of sp³-hybridized carbons (Fsp3) is 0.211. The second kappa shape index (κ2) is 7.45. The van der Waals surface area contributed by atoms with E-state index >= 15 is 0 Å². The first-order chi connectivity index (χ1) is 11.6. The summed E-state index contributed by atoms with van der Waals surface area (Å²) in [7, 11) is 0. The van der Waals surface area contributed by atoms with Gasteiger partial charge in [-0.25, -0.2) is 9.97 Å². The SMILES string of the molecule is Cc1ccccc1NC(=O)CSCc1nc2ccccc2nc1C. The normalized spacial score (nSPS) is 10.8. The molecule has 2 aromatic carbocycles. The van der Waals surface area contributed by atoms with E-state index in [-0.39, 0.29) is 5.91 Å². The standard InChI is InChI=1S/C19H19N3OS/c1-13-7-3-4-8-15(13)22-19(23)12-24-11-18-14(2)20-16-9-5-6-10-17(16)21-18/h3-10H,11-12H2,1-2H3,(H,22,23). The Morgan fingerprint density at radius 3 is 2.42 bits per heavy atom. The number of nitrogens with one attached hydrogen (secondary N) is 1. The number of rotatable bonds is 5. The Morgan fingerprint density at radius 1 is 1.00 bits per heavy atom. The molecule has 5 heteroatoms. The summed E-state index contributed by atoms with van der Waals surface area (Å²) in [5.74, 6) is 1.06. The Labute approximate surface area is 145 Å². The van der Waals surface area contributed by atoms with Gasteiger partial charge in [0.05, 0.1) is 28.2 Å². The van der Waals surface area contributed by atoms with Gasteiger partial charge < -0.3 is 5.32 Å². The minimum atomic E-state index is 0.000649. The maximum Gasteiger partial charge on any atom is 0.234 e. The van der Waals surface area contributed by atoms with Crippen molar-refractivity contribution in [2.75, 3.05) is 11.1 Å². The van der Waals surface area contributed by atoms with Crippen LogP contribution in [0.25, 0.3) is 11.0 Å². The lowest BCUT2D eigenvalue weighted by atomic mass is 10.2. The van der Waals surface area contributed by atoms with E-state index in [1.165, 1.54) is 0 Å². The minimum absolute atomic E-state index is 0.000649. The Balaban J connectivity index is 1.59. The molecule has 0 bridgehead atoms. The lowest BCUT2D eigenvalue weighted by Gasteiger charge is -2.09. The van der Waals surface area contributed by atoms with Crippen molar-refractivity contribution >= 4 is 34.4 Å². The summed E-state index contributed by atoms with van der Waals surface area (Å²) in [6, 6.07) is 15.6. The number of thioether (sulfide) groups is 1. The van der Waals surface area contributed by atoms with Gasteiger partial charge in [0.1, 0.15) is 0 Å². The summed E-state index contributed by atoms with van der Waals surface area (Å²) < 4.78 is 0. The molecule has 122 valence electrons. The van der Waals surface area contributed by atoms with Crippen LogP contribution >= 0.6 is 11.8 Å². The van der Waals surface area contributed by atoms with Gasteiger partial charge in [-0.05, 0) is 37.6 Å². The van der Waals surface area contributed by atoms with Crippen LogP contribution < -0.4 is 5.32 Å². The van der Waals surface area contributed by atoms with E-state index in [4.69, 9.17) is 0 Å². The van der Waals surface area contributed by atoms with E-state index in [1.807, 2.05) is 62.4 Å². The van der Waals surface area contributed by atoms with Crippen molar-refractivity contribution in [1.29, 1.82) is 0 Å². The third kappa shape index (κ3) is 3.92. The molecule has 0 fully saturated rings. The van der Waals surface area contributed by atoms with Crippen LogP contribution in [0, 0.1) is 13.8 Å². The van der Waals surface area contributed by atoms with Gasteiger partial charge in [0, 0.05) is 11.4 Å². The highest BCUT2D eigenvalue weighted by atomic mass is 32.2. The van der Waals surface area contributed by atoms with Gasteiger partial charge in [-0.2, -0.15) is 0 Å². The summed E-state index contributed by atoms with van der Waals surface area (Å²) in [5.41, 5.74) is 5.57. The average molecular weight is 337 g/mol. The number of aromatic nitrogens is 2. The number of carbonyl (C=O) groups is 1. The predicted molar refractivity (Wildman–Crippen MR) is 100 cm³/mol. The molecule has 1 amide bonds. The average Bonchev–Trinajstić information content (AvgIpc) is 2.57. The molecule has 24 heavy (non-hydrogen) atoms. The lowest BCUT2D eigenvalue weighted by molar-refractivity contribution is -0.113. The van der Waals surface area contributed by atoms with Gasteiger partial charge >= 0.3 is 0 Å². The van der Waals surface area contributed by atoms with Crippen molar-refractivity contribution in [2.45, 2.75) is 19.6 Å². The predicted octanol–water partition coefficient (Wildman–Crippen LogP) is 4.12. The summed E-state index contributed by atoms with van der Waals surface area (Å²) in [5, 5.41) is 2.94. The number of nitrogens with zero attached hydrogens (tertiary/aromatic N) is 2. The number of para-hydroxylation sites is 3. The number of hydrogen-bond donors (Lipinski definition) is 1. The van der Waals surface area contributed by atoms with Crippen molar-refractivity contribution in [3.8, 4) is 0 Å². The maximum atomic E-state index is 12.1. The topological polar surface area (TPSA) is 54.9 Å². The highest BCUT2D eigenvalue weighted by Crippen LogP contribution is 2.18. The van der Waals surface area contributed by atoms with Crippen molar-refractivity contribution in [3.63, 3.8) is 0 Å². The number of amides is 1. The van der Waals surface area contributed by atoms with Crippen molar-refractivity contribution in [1.82, 2.24) is 9.97 Å². The zero-order valence-corrected chi connectivity index (χ0v) is 14.6. The molecule has 0 aliphatic rings. The van der Waals surface area contributed by atoms with Crippen LogP contribution in [0.15, 0.2) is 48.5 Å². The second-order valence-corrected chi connectivity index (χ2v) is 6.59. The molecule has 3 aromatic rings. The first kappa shape index (κ1) is 16.5. The van der Waals surface area contributed by atoms with Gasteiger partial charge in [0.25, 0.3) is 0 Å². The molecule has 1 aromatic heterocycles. The quantitative estimate of drug-likeness (QED) is 0.761. The number of aryl methyl sites for hydroxylation is 2. The van der Waals surface area contributed by atoms with Crippen LogP contribution in [-0.4, -0.2) is 21.6 Å². The molecule has 1 N–H and O–H groups in total. The summed E-state index contributed by atoms with van der Waals surface area (Å²) in [6.45, 7) is 3.94. The van der Waals surface area contributed by atoms with Crippen LogP contribution in [0.4, 0.5) is 5.69 Å². The number of benzene rings is 2. The minimum Gasteiger partial charge on any atom is -0.325 e. The van der Waals surface area contributed by atoms with Crippen LogP contribution in [-0.2, 0) is 10.5 Å². The fourth-order valence-electron chi connectivity index (χ4n) is 2.40. The highest BCUT2D eigenvalue weighted by molar-refractivity contribution is 7.99. The number of anilines is 1. The first-order valence-corrected chi connectivity index (χ1v) is 8.94. The molecule has 0 unspecified atom stereocenters. The van der Waals surface area contributed by atoms with Gasteiger partial charge in [0.15, 0.2) is 0 Å². The van der Waals surface area contributed by atoms with E-state index in [9.17, 15) is 4.79 Å². The molecular formula is C19H19N3OS. The Kier molecular flexibility index (Phi) is 5.11. The molecule has 4 nitrogen and oxygen atoms in total. The molecule has 0 aliphatic heterocycles. The zero-order valence-electron chi connectivity index (χ0n) is 13.7. The van der Waals surface area contributed by atoms with Crippen molar-refractivity contribution in [2.24, 2.45) is 0 Å². The number of hydrogen-bond acceptors (Lipinski definition) is 4. The van der Waals surface area contributed by atoms with E-state index < -0.39 is 0 Å². The number of carbonyl (C=O) groups excluding carboxylic acids is 1. The second-order valence-electron chi connectivity index (χ2n) is 5.60. The third-order valence-electron chi connectivity index (χ3n) is 3.73. The molecule has 3 rings (SSSR count). The van der Waals surface area contributed by atoms with Crippen molar-refractivity contribution < 1.29 is 4.79 Å². The van der Waals surface area contributed by atoms with E-state index in [2.05, 4.69) is 15.3 Å². The highest BCUT2D eigenvalue weighted by Gasteiger charge is 2.08. The van der Waals surface area contributed by atoms with Crippen LogP contribution in [0.2, 0.25) is 0 Å². The molecule has 1 heterocycles. The van der Waals surface area contributed by atoms with E-state index in [0.29, 0.717) is 11.5 Å². The monoisotopic (exact) mass is 337 g/mol. The molecule has 0 saturated heterocycles. The molecule has 0 saturated carbocycles. The Morgan fingerprint density at radius 2 is 1.67 bits per heavy atom. The lowest BCUT2D eigenvalue weighted by Crippen LogP contribution is -2.15. The molecule has 0 radical (unpaired) electrons. The molecule has 0 atom stereocenters. The number of fused-ring (bicyclic) bond motifs is 1. The van der Waals surface area contributed by atoms with Gasteiger partial charge in [-0.15, -0.1) is 11.8 Å². The fourth-order valence-corrected chi connectivity index (χ4v) is 3.23. The molecule has 0 spiro atoms. The summed E-state index contributed by atoms with van der Waals surface area (Å²) >= 11 is 1.55. The van der Waals surface area contributed by atoms with Crippen LogP contribution in [0.3, 0.4) is 0 Å². The Hall–Kier alpha value is -2.40. The van der Waals surface area contributed by atoms with E-state index in [1.54, 1.807) is 11.8 Å². The van der Waals surface area contributed by atoms with E-state index in [0.717, 1.165) is 33.7 Å². The smallest absolute Gasteiger partial charge is 0.234 e. The summed E-state index contributed by atoms with van der Waals surface area (Å²) in [4.78, 5) is 21.3. The van der Waals surface area contributed by atoms with Crippen LogP contribution in [0.5, 0.6) is 0 Å². The van der Waals surface area contributed by atoms with Gasteiger partial charge in [-0.1, -0.05) is 30.3 Å². The molecule has 0 aliphatic carbocycles. The largest absolute Gasteiger partial charge is 0.325 e. The van der Waals surface area contributed by atoms with Crippen molar-refractivity contribution in [3.05, 3.63) is 65.5 Å². The zero-order chi connectivity index (χ0) is 16.9. The maximum absolute atomic E-state index is 12.1. The first-order valence-electron chi connectivity index (χ1n) is 7.79. The Bertz CT molecular complexity index is 879. The summed E-state index contributed by atoms with van der Waals surface area (Å²) in [6.07, 6.45) is 0. The van der Waals surface area contributed by atoms with Gasteiger partial charge in [0.2, 0.25) is 5.91 Å². The van der Waals surface area contributed by atoms with Gasteiger partial charge in [-0.3, -0.25) is 4.79 Å².